The highest BCUT2D eigenvalue weighted by atomic mass is 32.1. The average Bonchev–Trinajstić information content (AvgIpc) is 2.99. The van der Waals surface area contributed by atoms with Crippen molar-refractivity contribution in [2.24, 2.45) is 0 Å². The summed E-state index contributed by atoms with van der Waals surface area (Å²) in [7, 11) is 0. The highest BCUT2D eigenvalue weighted by Crippen LogP contribution is 2.14. The second kappa shape index (κ2) is 6.59. The van der Waals surface area contributed by atoms with Crippen LogP contribution in [0.25, 0.3) is 0 Å². The van der Waals surface area contributed by atoms with Crippen LogP contribution in [0.4, 0.5) is 0 Å². The molecule has 2 aromatic heterocycles. The first kappa shape index (κ1) is 12.4. The molecule has 0 saturated heterocycles. The first-order valence-corrected chi connectivity index (χ1v) is 6.64. The third kappa shape index (κ3) is 4.00. The number of furan rings is 1. The van der Waals surface area contributed by atoms with Crippen LogP contribution in [-0.2, 0) is 13.1 Å². The minimum Gasteiger partial charge on any atom is -0.468 e. The van der Waals surface area contributed by atoms with Crippen molar-refractivity contribution in [3.63, 3.8) is 0 Å². The number of rotatable bonds is 7. The Labute approximate surface area is 105 Å². The second-order valence-electron chi connectivity index (χ2n) is 3.95. The fraction of sp³-hybridized carbons (Fsp3) is 0.385. The van der Waals surface area contributed by atoms with Gasteiger partial charge in [0.15, 0.2) is 0 Å². The monoisotopic (exact) mass is 251 g/mol. The van der Waals surface area contributed by atoms with Gasteiger partial charge in [0.05, 0.1) is 12.8 Å². The highest BCUT2D eigenvalue weighted by molar-refractivity contribution is 7.09. The molecule has 0 spiro atoms. The van der Waals surface area contributed by atoms with Gasteiger partial charge in [0.25, 0.3) is 0 Å². The number of hydrogen-bond donors (Lipinski definition) is 1. The minimum atomic E-state index is 0.235. The van der Waals surface area contributed by atoms with E-state index in [0.29, 0.717) is 0 Å². The van der Waals surface area contributed by atoms with Gasteiger partial charge >= 0.3 is 0 Å². The quantitative estimate of drug-likeness (QED) is 0.822. The molecule has 2 aromatic rings. The Balaban J connectivity index is 1.92. The van der Waals surface area contributed by atoms with Crippen molar-refractivity contribution in [1.29, 1.82) is 0 Å². The van der Waals surface area contributed by atoms with Crippen LogP contribution in [-0.4, -0.2) is 23.2 Å². The largest absolute Gasteiger partial charge is 0.468 e. The summed E-state index contributed by atoms with van der Waals surface area (Å²) in [4.78, 5) is 3.63. The molecule has 17 heavy (non-hydrogen) atoms. The van der Waals surface area contributed by atoms with Crippen molar-refractivity contribution in [3.8, 4) is 0 Å². The number of thiophene rings is 1. The van der Waals surface area contributed by atoms with Gasteiger partial charge in [0.2, 0.25) is 0 Å². The van der Waals surface area contributed by atoms with Crippen molar-refractivity contribution >= 4 is 11.3 Å². The Morgan fingerprint density at radius 3 is 2.82 bits per heavy atom. The number of nitrogens with zero attached hydrogens (tertiary/aromatic N) is 1. The van der Waals surface area contributed by atoms with Gasteiger partial charge in [0.1, 0.15) is 5.76 Å². The third-order valence-corrected chi connectivity index (χ3v) is 3.41. The van der Waals surface area contributed by atoms with Crippen LogP contribution in [0, 0.1) is 0 Å². The van der Waals surface area contributed by atoms with Gasteiger partial charge in [-0.25, -0.2) is 0 Å². The molecule has 4 heteroatoms. The van der Waals surface area contributed by atoms with E-state index in [-0.39, 0.29) is 6.61 Å². The molecule has 92 valence electrons. The zero-order valence-corrected chi connectivity index (χ0v) is 10.5. The lowest BCUT2D eigenvalue weighted by Crippen LogP contribution is -2.24. The zero-order chi connectivity index (χ0) is 11.9. The van der Waals surface area contributed by atoms with Crippen LogP contribution in [0.5, 0.6) is 0 Å². The van der Waals surface area contributed by atoms with Crippen molar-refractivity contribution < 1.29 is 9.52 Å². The molecule has 0 aliphatic carbocycles. The van der Waals surface area contributed by atoms with Gasteiger partial charge in [0, 0.05) is 24.6 Å². The molecule has 0 radical (unpaired) electrons. The van der Waals surface area contributed by atoms with E-state index < -0.39 is 0 Å². The number of aliphatic hydroxyl groups excluding tert-OH is 1. The van der Waals surface area contributed by atoms with Crippen LogP contribution < -0.4 is 0 Å². The Hall–Kier alpha value is -1.10. The van der Waals surface area contributed by atoms with E-state index in [1.54, 1.807) is 17.6 Å². The van der Waals surface area contributed by atoms with Gasteiger partial charge in [-0.05, 0) is 30.0 Å². The van der Waals surface area contributed by atoms with E-state index in [9.17, 15) is 0 Å². The van der Waals surface area contributed by atoms with Crippen molar-refractivity contribution in [2.75, 3.05) is 13.2 Å². The maximum Gasteiger partial charge on any atom is 0.117 e. The lowest BCUT2D eigenvalue weighted by molar-refractivity contribution is 0.202. The van der Waals surface area contributed by atoms with Crippen molar-refractivity contribution in [1.82, 2.24) is 4.90 Å². The second-order valence-corrected chi connectivity index (χ2v) is 4.98. The molecule has 2 heterocycles. The van der Waals surface area contributed by atoms with Gasteiger partial charge < -0.3 is 9.52 Å². The smallest absolute Gasteiger partial charge is 0.117 e. The Morgan fingerprint density at radius 2 is 2.18 bits per heavy atom. The summed E-state index contributed by atoms with van der Waals surface area (Å²) in [5.74, 6) is 0.972. The molecule has 0 aliphatic heterocycles. The molecule has 0 fully saturated rings. The average molecular weight is 251 g/mol. The van der Waals surface area contributed by atoms with Gasteiger partial charge in [-0.2, -0.15) is 0 Å². The van der Waals surface area contributed by atoms with E-state index >= 15 is 0 Å². The summed E-state index contributed by atoms with van der Waals surface area (Å²) in [6.07, 6.45) is 2.50. The normalized spacial score (nSPS) is 11.2. The molecular weight excluding hydrogens is 234 g/mol. The summed E-state index contributed by atoms with van der Waals surface area (Å²) in [6, 6.07) is 8.10. The predicted molar refractivity (Wildman–Crippen MR) is 68.8 cm³/mol. The molecule has 0 unspecified atom stereocenters. The van der Waals surface area contributed by atoms with Crippen LogP contribution in [0.2, 0.25) is 0 Å². The van der Waals surface area contributed by atoms with Crippen molar-refractivity contribution in [2.45, 2.75) is 19.5 Å². The van der Waals surface area contributed by atoms with Crippen LogP contribution >= 0.6 is 11.3 Å². The first-order valence-electron chi connectivity index (χ1n) is 5.76. The maximum absolute atomic E-state index is 8.92. The van der Waals surface area contributed by atoms with Gasteiger partial charge in [-0.15, -0.1) is 11.3 Å². The highest BCUT2D eigenvalue weighted by Gasteiger charge is 2.08. The lowest BCUT2D eigenvalue weighted by Gasteiger charge is -2.19. The molecule has 0 aliphatic rings. The van der Waals surface area contributed by atoms with E-state index in [4.69, 9.17) is 9.52 Å². The predicted octanol–water partition coefficient (Wildman–Crippen LogP) is 2.73. The summed E-state index contributed by atoms with van der Waals surface area (Å²) >= 11 is 1.76. The third-order valence-electron chi connectivity index (χ3n) is 2.55. The Bertz CT molecular complexity index is 361. The molecule has 2 rings (SSSR count). The standard InChI is InChI=1S/C13H17NO2S/c15-7-3-6-14(10-12-4-1-8-16-12)11-13-5-2-9-17-13/h1-2,4-5,8-9,15H,3,6-7,10-11H2. The number of hydrogen-bond acceptors (Lipinski definition) is 4. The van der Waals surface area contributed by atoms with Crippen LogP contribution in [0.3, 0.4) is 0 Å². The molecule has 0 amide bonds. The van der Waals surface area contributed by atoms with Gasteiger partial charge in [-0.3, -0.25) is 4.90 Å². The van der Waals surface area contributed by atoms with E-state index in [1.807, 2.05) is 12.1 Å². The van der Waals surface area contributed by atoms with Crippen molar-refractivity contribution in [3.05, 3.63) is 46.5 Å². The van der Waals surface area contributed by atoms with Crippen LogP contribution in [0.15, 0.2) is 40.3 Å². The minimum absolute atomic E-state index is 0.235. The summed E-state index contributed by atoms with van der Waals surface area (Å²) in [6.45, 7) is 2.83. The molecular formula is C13H17NO2S. The SMILES string of the molecule is OCCCN(Cc1ccco1)Cc1cccs1. The fourth-order valence-electron chi connectivity index (χ4n) is 1.75. The number of aliphatic hydroxyl groups is 1. The summed E-state index contributed by atoms with van der Waals surface area (Å²) in [5.41, 5.74) is 0. The summed E-state index contributed by atoms with van der Waals surface area (Å²) < 4.78 is 5.36. The summed E-state index contributed by atoms with van der Waals surface area (Å²) in [5, 5.41) is 11.0. The lowest BCUT2D eigenvalue weighted by atomic mass is 10.3. The zero-order valence-electron chi connectivity index (χ0n) is 9.71. The molecule has 0 atom stereocenters. The Morgan fingerprint density at radius 1 is 1.24 bits per heavy atom. The molecule has 1 N–H and O–H groups in total. The molecule has 0 saturated carbocycles. The van der Waals surface area contributed by atoms with Crippen LogP contribution in [0.1, 0.15) is 17.1 Å². The van der Waals surface area contributed by atoms with E-state index in [1.165, 1.54) is 4.88 Å². The molecule has 0 aromatic carbocycles. The maximum atomic E-state index is 8.92. The first-order chi connectivity index (χ1) is 8.38. The Kier molecular flexibility index (Phi) is 4.79. The molecule has 0 bridgehead atoms. The molecule has 3 nitrogen and oxygen atoms in total. The topological polar surface area (TPSA) is 36.6 Å². The van der Waals surface area contributed by atoms with E-state index in [0.717, 1.165) is 31.8 Å². The van der Waals surface area contributed by atoms with Gasteiger partial charge in [-0.1, -0.05) is 6.07 Å². The fourth-order valence-corrected chi connectivity index (χ4v) is 2.50. The van der Waals surface area contributed by atoms with E-state index in [2.05, 4.69) is 22.4 Å².